The first kappa shape index (κ1) is 32.2. The van der Waals surface area contributed by atoms with Crippen LogP contribution >= 0.6 is 0 Å². The van der Waals surface area contributed by atoms with E-state index in [1.54, 1.807) is 57.2 Å². The summed E-state index contributed by atoms with van der Waals surface area (Å²) in [5, 5.41) is 18.7. The Morgan fingerprint density at radius 1 is 1.15 bits per heavy atom. The maximum atomic E-state index is 14.6. The van der Waals surface area contributed by atoms with E-state index in [0.717, 1.165) is 5.56 Å². The lowest BCUT2D eigenvalue weighted by molar-refractivity contribution is -0.260. The van der Waals surface area contributed by atoms with Crippen molar-refractivity contribution in [2.75, 3.05) is 25.0 Å². The van der Waals surface area contributed by atoms with Crippen molar-refractivity contribution in [3.63, 3.8) is 0 Å². The molecule has 4 heterocycles. The second kappa shape index (κ2) is 11.8. The first-order chi connectivity index (χ1) is 22.2. The molecule has 4 N–H and O–H groups in total. The number of fused-ring (bicyclic) bond motifs is 2. The Bertz CT molecular complexity index is 1860. The molecular weight excluding hydrogens is 615 g/mol. The molecule has 4 aromatic rings. The molecular formula is C33H36F3N7O4. The summed E-state index contributed by atoms with van der Waals surface area (Å²) in [5.41, 5.74) is 3.88. The molecule has 0 radical (unpaired) electrons. The monoisotopic (exact) mass is 651 g/mol. The van der Waals surface area contributed by atoms with Gasteiger partial charge in [0.1, 0.15) is 23.4 Å². The number of carbonyl (C=O) groups is 2. The van der Waals surface area contributed by atoms with Crippen molar-refractivity contribution in [1.82, 2.24) is 24.6 Å². The van der Waals surface area contributed by atoms with Gasteiger partial charge in [-0.15, -0.1) is 0 Å². The molecule has 0 bridgehead atoms. The third-order valence-electron chi connectivity index (χ3n) is 8.97. The minimum Gasteiger partial charge on any atom is -0.493 e. The third kappa shape index (κ3) is 5.97. The second-order valence-corrected chi connectivity index (χ2v) is 12.9. The van der Waals surface area contributed by atoms with Crippen molar-refractivity contribution in [2.24, 2.45) is 5.73 Å². The number of halogens is 3. The van der Waals surface area contributed by atoms with Crippen LogP contribution in [-0.4, -0.2) is 79.1 Å². The number of aryl methyl sites for hydroxylation is 1. The van der Waals surface area contributed by atoms with Gasteiger partial charge in [-0.1, -0.05) is 38.1 Å². The highest BCUT2D eigenvalue weighted by Gasteiger charge is 2.56. The van der Waals surface area contributed by atoms with Crippen LogP contribution in [0.2, 0.25) is 0 Å². The summed E-state index contributed by atoms with van der Waals surface area (Å²) < 4.78 is 51.0. The molecule has 0 aliphatic carbocycles. The highest BCUT2D eigenvalue weighted by molar-refractivity contribution is 5.98. The quantitative estimate of drug-likeness (QED) is 0.244. The number of anilines is 1. The topological polar surface area (TPSA) is 148 Å². The minimum atomic E-state index is -4.97. The SMILES string of the molecule is Cc1nc(NCC(O)(CC(C)(C)c2cccc3c2OCC3)C(F)(F)F)c2cnn(-c3cccc(C(=O)N4CCC[C@@H]4C(N)=O)c3)c2n1. The summed E-state index contributed by atoms with van der Waals surface area (Å²) >= 11 is 0. The van der Waals surface area contributed by atoms with Gasteiger partial charge in [-0.05, 0) is 55.4 Å². The number of aromatic nitrogens is 4. The Balaban J connectivity index is 1.28. The number of likely N-dealkylation sites (tertiary alicyclic amines) is 1. The molecule has 1 fully saturated rings. The fraction of sp³-hybridized carbons (Fsp3) is 0.424. The van der Waals surface area contributed by atoms with Crippen LogP contribution in [0.3, 0.4) is 0 Å². The zero-order valence-corrected chi connectivity index (χ0v) is 26.3. The van der Waals surface area contributed by atoms with Gasteiger partial charge in [-0.2, -0.15) is 18.3 Å². The molecule has 248 valence electrons. The van der Waals surface area contributed by atoms with E-state index in [1.807, 2.05) is 6.07 Å². The first-order valence-electron chi connectivity index (χ1n) is 15.4. The van der Waals surface area contributed by atoms with E-state index in [0.29, 0.717) is 60.4 Å². The average molecular weight is 652 g/mol. The zero-order chi connectivity index (χ0) is 33.7. The van der Waals surface area contributed by atoms with Gasteiger partial charge >= 0.3 is 6.18 Å². The lowest BCUT2D eigenvalue weighted by Gasteiger charge is -2.38. The standard InChI is InChI=1S/C33H36F3N7O4/c1-19-40-28(38-18-32(46,33(34,35)36)17-31(2,3)24-10-5-7-20-12-14-47-26(20)24)23-16-39-43(29(23)41-19)22-9-4-8-21(15-22)30(45)42-13-6-11-25(42)27(37)44/h4-5,7-10,15-16,25,46H,6,11-14,17-18H2,1-3H3,(H2,37,44)(H,38,40,41)/t25-,32?/m1/s1. The Labute approximate surface area is 268 Å². The van der Waals surface area contributed by atoms with Gasteiger partial charge in [0.05, 0.1) is 30.4 Å². The molecule has 2 aromatic heterocycles. The summed E-state index contributed by atoms with van der Waals surface area (Å²) in [6.07, 6.45) is -2.36. The lowest BCUT2D eigenvalue weighted by Crippen LogP contribution is -2.53. The summed E-state index contributed by atoms with van der Waals surface area (Å²) in [6.45, 7) is 4.90. The molecule has 1 saturated heterocycles. The van der Waals surface area contributed by atoms with Crippen molar-refractivity contribution in [3.05, 3.63) is 71.2 Å². The van der Waals surface area contributed by atoms with Gasteiger partial charge in [-0.25, -0.2) is 14.6 Å². The maximum Gasteiger partial charge on any atom is 0.418 e. The number of nitrogens with one attached hydrogen (secondary N) is 1. The molecule has 47 heavy (non-hydrogen) atoms. The number of amides is 2. The average Bonchev–Trinajstić information content (AvgIpc) is 3.78. The number of aliphatic hydroxyl groups is 1. The molecule has 6 rings (SSSR count). The molecule has 1 unspecified atom stereocenters. The molecule has 11 nitrogen and oxygen atoms in total. The number of primary amides is 1. The zero-order valence-electron chi connectivity index (χ0n) is 26.3. The fourth-order valence-electron chi connectivity index (χ4n) is 6.65. The van der Waals surface area contributed by atoms with Gasteiger partial charge in [0.15, 0.2) is 11.2 Å². The van der Waals surface area contributed by atoms with Crippen molar-refractivity contribution < 1.29 is 32.6 Å². The van der Waals surface area contributed by atoms with E-state index in [-0.39, 0.29) is 23.2 Å². The number of hydrogen-bond acceptors (Lipinski definition) is 8. The Hall–Kier alpha value is -4.72. The highest BCUT2D eigenvalue weighted by Crippen LogP contribution is 2.45. The number of benzene rings is 2. The van der Waals surface area contributed by atoms with E-state index in [2.05, 4.69) is 20.4 Å². The van der Waals surface area contributed by atoms with Crippen molar-refractivity contribution >= 4 is 28.7 Å². The molecule has 2 aliphatic rings. The summed E-state index contributed by atoms with van der Waals surface area (Å²) in [7, 11) is 0. The third-order valence-corrected chi connectivity index (χ3v) is 8.97. The summed E-state index contributed by atoms with van der Waals surface area (Å²) in [6, 6.07) is 11.3. The molecule has 0 saturated carbocycles. The van der Waals surface area contributed by atoms with Crippen molar-refractivity contribution in [2.45, 2.75) is 69.7 Å². The van der Waals surface area contributed by atoms with Crippen LogP contribution in [0.1, 0.15) is 60.4 Å². The van der Waals surface area contributed by atoms with Crippen LogP contribution in [0.5, 0.6) is 5.75 Å². The normalized spacial score (nSPS) is 17.8. The maximum absolute atomic E-state index is 14.6. The van der Waals surface area contributed by atoms with E-state index in [9.17, 15) is 27.9 Å². The van der Waals surface area contributed by atoms with Crippen LogP contribution in [0.15, 0.2) is 48.7 Å². The fourth-order valence-corrected chi connectivity index (χ4v) is 6.65. The first-order valence-corrected chi connectivity index (χ1v) is 15.4. The Morgan fingerprint density at radius 2 is 1.91 bits per heavy atom. The Morgan fingerprint density at radius 3 is 2.66 bits per heavy atom. The molecule has 2 atom stereocenters. The van der Waals surface area contributed by atoms with Crippen molar-refractivity contribution in [1.29, 1.82) is 0 Å². The number of hydrogen-bond donors (Lipinski definition) is 3. The highest BCUT2D eigenvalue weighted by atomic mass is 19.4. The van der Waals surface area contributed by atoms with Crippen LogP contribution in [0.4, 0.5) is 19.0 Å². The second-order valence-electron chi connectivity index (χ2n) is 12.9. The number of nitrogens with two attached hydrogens (primary N) is 1. The predicted octanol–water partition coefficient (Wildman–Crippen LogP) is 4.22. The molecule has 2 amide bonds. The molecule has 2 aromatic carbocycles. The number of nitrogens with zero attached hydrogens (tertiary/aromatic N) is 5. The van der Waals surface area contributed by atoms with Gasteiger partial charge in [0, 0.05) is 24.1 Å². The number of para-hydroxylation sites is 1. The number of carbonyl (C=O) groups excluding carboxylic acids is 2. The largest absolute Gasteiger partial charge is 0.493 e. The Kier molecular flexibility index (Phi) is 8.10. The predicted molar refractivity (Wildman–Crippen MR) is 167 cm³/mol. The van der Waals surface area contributed by atoms with E-state index in [4.69, 9.17) is 10.5 Å². The van der Waals surface area contributed by atoms with E-state index in [1.165, 1.54) is 15.8 Å². The van der Waals surface area contributed by atoms with Crippen LogP contribution in [-0.2, 0) is 16.6 Å². The van der Waals surface area contributed by atoms with Crippen molar-refractivity contribution in [3.8, 4) is 11.4 Å². The number of rotatable bonds is 9. The molecule has 2 aliphatic heterocycles. The molecule has 0 spiro atoms. The van der Waals surface area contributed by atoms with Crippen LogP contribution in [0.25, 0.3) is 16.7 Å². The number of alkyl halides is 3. The summed E-state index contributed by atoms with van der Waals surface area (Å²) in [4.78, 5) is 35.4. The smallest absolute Gasteiger partial charge is 0.418 e. The molecule has 14 heteroatoms. The van der Waals surface area contributed by atoms with Crippen LogP contribution in [0, 0.1) is 6.92 Å². The lowest BCUT2D eigenvalue weighted by atomic mass is 9.74. The van der Waals surface area contributed by atoms with Gasteiger partial charge < -0.3 is 25.8 Å². The van der Waals surface area contributed by atoms with E-state index < -0.39 is 42.1 Å². The number of ether oxygens (including phenoxy) is 1. The van der Waals surface area contributed by atoms with E-state index >= 15 is 0 Å². The van der Waals surface area contributed by atoms with Gasteiger partial charge in [0.2, 0.25) is 5.91 Å². The van der Waals surface area contributed by atoms with Gasteiger partial charge in [0.25, 0.3) is 5.91 Å². The minimum absolute atomic E-state index is 0.0664. The van der Waals surface area contributed by atoms with Crippen LogP contribution < -0.4 is 15.8 Å². The van der Waals surface area contributed by atoms with Gasteiger partial charge in [-0.3, -0.25) is 9.59 Å². The summed E-state index contributed by atoms with van der Waals surface area (Å²) in [5.74, 6) is -0.00980.